The van der Waals surface area contributed by atoms with Crippen molar-refractivity contribution in [2.75, 3.05) is 6.61 Å². The molecule has 98 valence electrons. The Morgan fingerprint density at radius 1 is 0.941 bits per heavy atom. The predicted molar refractivity (Wildman–Crippen MR) is 70.7 cm³/mol. The molecule has 0 amide bonds. The molecule has 0 bridgehead atoms. The second-order valence-electron chi connectivity index (χ2n) is 7.44. The second-order valence-corrected chi connectivity index (χ2v) is 7.44. The molecule has 0 aliphatic heterocycles. The molecule has 1 nitrogen and oxygen atoms in total. The highest BCUT2D eigenvalue weighted by Crippen LogP contribution is 2.69. The van der Waals surface area contributed by atoms with Gasteiger partial charge in [0, 0.05) is 12.0 Å². The van der Waals surface area contributed by atoms with Gasteiger partial charge in [-0.25, -0.2) is 0 Å². The number of aliphatic hydroxyl groups excluding tert-OH is 1. The smallest absolute Gasteiger partial charge is 0.0495 e. The molecule has 0 spiro atoms. The summed E-state index contributed by atoms with van der Waals surface area (Å²) in [6, 6.07) is 0. The molecule has 1 N–H and O–H groups in total. The Hall–Kier alpha value is -0.0400. The molecule has 0 radical (unpaired) electrons. The Balaban J connectivity index is 2.01. The van der Waals surface area contributed by atoms with Gasteiger partial charge in [-0.3, -0.25) is 0 Å². The number of aliphatic hydroxyl groups is 1. The largest absolute Gasteiger partial charge is 0.396 e. The van der Waals surface area contributed by atoms with Crippen LogP contribution in [0.2, 0.25) is 0 Å². The fourth-order valence-electron chi connectivity index (χ4n) is 6.00. The third kappa shape index (κ3) is 1.41. The molecule has 3 saturated carbocycles. The van der Waals surface area contributed by atoms with E-state index >= 15 is 0 Å². The highest BCUT2D eigenvalue weighted by molar-refractivity contribution is 5.12. The summed E-state index contributed by atoms with van der Waals surface area (Å²) in [5.41, 5.74) is 0.642. The first-order valence-electron chi connectivity index (χ1n) is 7.74. The maximum absolute atomic E-state index is 10.1. The van der Waals surface area contributed by atoms with Crippen molar-refractivity contribution in [1.82, 2.24) is 0 Å². The number of rotatable bonds is 1. The molecule has 17 heavy (non-hydrogen) atoms. The Morgan fingerprint density at radius 3 is 2.35 bits per heavy atom. The van der Waals surface area contributed by atoms with Gasteiger partial charge in [0.05, 0.1) is 0 Å². The van der Waals surface area contributed by atoms with Crippen molar-refractivity contribution >= 4 is 0 Å². The molecule has 3 fully saturated rings. The highest BCUT2D eigenvalue weighted by Gasteiger charge is 2.63. The third-order valence-corrected chi connectivity index (χ3v) is 6.93. The summed E-state index contributed by atoms with van der Waals surface area (Å²) in [5.74, 6) is 2.67. The molecule has 0 heterocycles. The van der Waals surface area contributed by atoms with Gasteiger partial charge >= 0.3 is 0 Å². The average Bonchev–Trinajstić information content (AvgIpc) is 2.57. The van der Waals surface area contributed by atoms with Crippen LogP contribution < -0.4 is 0 Å². The monoisotopic (exact) mass is 236 g/mol. The lowest BCUT2D eigenvalue weighted by Gasteiger charge is -2.48. The van der Waals surface area contributed by atoms with E-state index in [0.717, 1.165) is 17.8 Å². The van der Waals surface area contributed by atoms with Crippen molar-refractivity contribution in [3.05, 3.63) is 0 Å². The Kier molecular flexibility index (Phi) is 2.81. The molecule has 0 saturated heterocycles. The summed E-state index contributed by atoms with van der Waals surface area (Å²) < 4.78 is 0. The second kappa shape index (κ2) is 3.98. The summed E-state index contributed by atoms with van der Waals surface area (Å²) in [5, 5.41) is 10.1. The van der Waals surface area contributed by atoms with Crippen molar-refractivity contribution in [1.29, 1.82) is 0 Å². The molecule has 3 aliphatic rings. The van der Waals surface area contributed by atoms with E-state index < -0.39 is 0 Å². The van der Waals surface area contributed by atoms with Crippen LogP contribution in [0.15, 0.2) is 0 Å². The van der Waals surface area contributed by atoms with E-state index in [1.165, 1.54) is 51.4 Å². The van der Waals surface area contributed by atoms with E-state index in [4.69, 9.17) is 0 Å². The normalized spacial score (nSPS) is 48.5. The van der Waals surface area contributed by atoms with Gasteiger partial charge in [-0.15, -0.1) is 0 Å². The van der Waals surface area contributed by atoms with Crippen LogP contribution in [-0.4, -0.2) is 11.7 Å². The zero-order chi connectivity index (χ0) is 12.1. The van der Waals surface area contributed by atoms with Crippen molar-refractivity contribution in [3.63, 3.8) is 0 Å². The molecular formula is C16H28O. The fourth-order valence-corrected chi connectivity index (χ4v) is 6.00. The van der Waals surface area contributed by atoms with Crippen molar-refractivity contribution in [2.24, 2.45) is 28.6 Å². The van der Waals surface area contributed by atoms with Crippen molar-refractivity contribution in [3.8, 4) is 0 Å². The number of hydrogen-bond acceptors (Lipinski definition) is 1. The minimum atomic E-state index is 0.269. The molecule has 0 aromatic carbocycles. The van der Waals surface area contributed by atoms with Gasteiger partial charge in [0.2, 0.25) is 0 Å². The first kappa shape index (κ1) is 12.0. The summed E-state index contributed by atoms with van der Waals surface area (Å²) in [6.45, 7) is 5.38. The van der Waals surface area contributed by atoms with Crippen molar-refractivity contribution < 1.29 is 5.11 Å². The average molecular weight is 236 g/mol. The third-order valence-electron chi connectivity index (χ3n) is 6.93. The molecule has 4 atom stereocenters. The van der Waals surface area contributed by atoms with Gasteiger partial charge in [0.25, 0.3) is 0 Å². The van der Waals surface area contributed by atoms with Crippen LogP contribution in [0.4, 0.5) is 0 Å². The van der Waals surface area contributed by atoms with Gasteiger partial charge in [-0.1, -0.05) is 39.5 Å². The van der Waals surface area contributed by atoms with Crippen LogP contribution in [0.1, 0.15) is 65.2 Å². The lowest BCUT2D eigenvalue weighted by molar-refractivity contribution is -0.0453. The Labute approximate surface area is 106 Å². The minimum absolute atomic E-state index is 0.269. The van der Waals surface area contributed by atoms with Crippen LogP contribution >= 0.6 is 0 Å². The van der Waals surface area contributed by atoms with Crippen LogP contribution in [0.3, 0.4) is 0 Å². The fraction of sp³-hybridized carbons (Fsp3) is 1.00. The molecular weight excluding hydrogens is 208 g/mol. The van der Waals surface area contributed by atoms with Crippen LogP contribution in [0.5, 0.6) is 0 Å². The van der Waals surface area contributed by atoms with Crippen LogP contribution in [-0.2, 0) is 0 Å². The van der Waals surface area contributed by atoms with Gasteiger partial charge in [-0.05, 0) is 48.9 Å². The van der Waals surface area contributed by atoms with Gasteiger partial charge < -0.3 is 5.11 Å². The van der Waals surface area contributed by atoms with E-state index in [0.29, 0.717) is 12.0 Å². The summed E-state index contributed by atoms with van der Waals surface area (Å²) >= 11 is 0. The standard InChI is InChI=1S/C16H28O/c1-15(2)13-8-4-3-7-12(13)14-9-5-6-10-16(14,15)11-17/h12-14,17H,3-11H2,1-2H3. The first-order chi connectivity index (χ1) is 8.13. The molecule has 0 aromatic heterocycles. The molecule has 3 rings (SSSR count). The highest BCUT2D eigenvalue weighted by atomic mass is 16.3. The minimum Gasteiger partial charge on any atom is -0.396 e. The first-order valence-corrected chi connectivity index (χ1v) is 7.74. The SMILES string of the molecule is CC1(C)C2CCCCC2C2CCCCC21CO. The summed E-state index contributed by atoms with van der Waals surface area (Å²) in [7, 11) is 0. The van der Waals surface area contributed by atoms with E-state index in [1.54, 1.807) is 0 Å². The molecule has 3 aliphatic carbocycles. The summed E-state index contributed by atoms with van der Waals surface area (Å²) in [4.78, 5) is 0. The Bertz CT molecular complexity index is 296. The predicted octanol–water partition coefficient (Wildman–Crippen LogP) is 4.00. The quantitative estimate of drug-likeness (QED) is 0.729. The van der Waals surface area contributed by atoms with Gasteiger partial charge in [0.1, 0.15) is 0 Å². The van der Waals surface area contributed by atoms with E-state index in [9.17, 15) is 5.11 Å². The molecule has 4 unspecified atom stereocenters. The number of fused-ring (bicyclic) bond motifs is 3. The van der Waals surface area contributed by atoms with Crippen LogP contribution in [0.25, 0.3) is 0 Å². The maximum Gasteiger partial charge on any atom is 0.0495 e. The van der Waals surface area contributed by atoms with Gasteiger partial charge in [-0.2, -0.15) is 0 Å². The molecule has 0 aromatic rings. The van der Waals surface area contributed by atoms with E-state index in [1.807, 2.05) is 0 Å². The van der Waals surface area contributed by atoms with Gasteiger partial charge in [0.15, 0.2) is 0 Å². The van der Waals surface area contributed by atoms with Crippen molar-refractivity contribution in [2.45, 2.75) is 65.2 Å². The maximum atomic E-state index is 10.1. The zero-order valence-electron chi connectivity index (χ0n) is 11.5. The number of hydrogen-bond donors (Lipinski definition) is 1. The lowest BCUT2D eigenvalue weighted by atomic mass is 9.57. The van der Waals surface area contributed by atoms with E-state index in [-0.39, 0.29) is 5.41 Å². The molecule has 1 heteroatoms. The lowest BCUT2D eigenvalue weighted by Crippen LogP contribution is -2.44. The zero-order valence-corrected chi connectivity index (χ0v) is 11.5. The summed E-state index contributed by atoms with van der Waals surface area (Å²) in [6.07, 6.45) is 11.2. The Morgan fingerprint density at radius 2 is 1.59 bits per heavy atom. The topological polar surface area (TPSA) is 20.2 Å². The van der Waals surface area contributed by atoms with E-state index in [2.05, 4.69) is 13.8 Å². The van der Waals surface area contributed by atoms with Crippen LogP contribution in [0, 0.1) is 28.6 Å².